The summed E-state index contributed by atoms with van der Waals surface area (Å²) in [6.07, 6.45) is 2.14. The van der Waals surface area contributed by atoms with E-state index < -0.39 is 0 Å². The summed E-state index contributed by atoms with van der Waals surface area (Å²) in [5.74, 6) is 0.957. The van der Waals surface area contributed by atoms with E-state index in [2.05, 4.69) is 55.6 Å². The molecule has 1 N–H and O–H groups in total. The highest BCUT2D eigenvalue weighted by atomic mass is 16.5. The molecule has 0 saturated carbocycles. The summed E-state index contributed by atoms with van der Waals surface area (Å²) in [4.78, 5) is 0. The van der Waals surface area contributed by atoms with E-state index in [1.54, 1.807) is 7.11 Å². The van der Waals surface area contributed by atoms with Crippen molar-refractivity contribution >= 4 is 5.69 Å². The standard InChI is InChI=1S/C18H21NO/c1-4-13-6-5-7-15-11-16(19-18(13)15)14-8-9-17(20-3)12(2)10-14/h5-10,16,19H,4,11H2,1-3H3. The largest absolute Gasteiger partial charge is 0.496 e. The lowest BCUT2D eigenvalue weighted by Gasteiger charge is -2.15. The Hall–Kier alpha value is -1.96. The van der Waals surface area contributed by atoms with Crippen LogP contribution in [-0.2, 0) is 12.8 Å². The number of rotatable bonds is 3. The predicted octanol–water partition coefficient (Wildman–Crippen LogP) is 4.28. The highest BCUT2D eigenvalue weighted by molar-refractivity contribution is 5.63. The van der Waals surface area contributed by atoms with Crippen molar-refractivity contribution in [2.24, 2.45) is 0 Å². The van der Waals surface area contributed by atoms with Crippen LogP contribution in [0.25, 0.3) is 0 Å². The smallest absolute Gasteiger partial charge is 0.121 e. The fourth-order valence-corrected chi connectivity index (χ4v) is 3.07. The zero-order valence-corrected chi connectivity index (χ0v) is 12.4. The first-order valence-corrected chi connectivity index (χ1v) is 7.24. The molecule has 1 unspecified atom stereocenters. The van der Waals surface area contributed by atoms with Crippen LogP contribution in [0.4, 0.5) is 5.69 Å². The number of hydrogen-bond acceptors (Lipinski definition) is 2. The zero-order valence-electron chi connectivity index (χ0n) is 12.4. The van der Waals surface area contributed by atoms with Gasteiger partial charge in [-0.1, -0.05) is 37.3 Å². The molecule has 0 bridgehead atoms. The number of fused-ring (bicyclic) bond motifs is 1. The van der Waals surface area contributed by atoms with E-state index in [-0.39, 0.29) is 0 Å². The second-order valence-corrected chi connectivity index (χ2v) is 5.43. The lowest BCUT2D eigenvalue weighted by molar-refractivity contribution is 0.411. The highest BCUT2D eigenvalue weighted by Gasteiger charge is 2.23. The molecule has 1 aliphatic rings. The molecule has 0 spiro atoms. The van der Waals surface area contributed by atoms with Gasteiger partial charge in [-0.05, 0) is 48.1 Å². The molecule has 2 heteroatoms. The van der Waals surface area contributed by atoms with Crippen LogP contribution in [0.5, 0.6) is 5.75 Å². The van der Waals surface area contributed by atoms with Crippen molar-refractivity contribution in [3.63, 3.8) is 0 Å². The van der Waals surface area contributed by atoms with Gasteiger partial charge in [0.1, 0.15) is 5.75 Å². The molecular weight excluding hydrogens is 246 g/mol. The van der Waals surface area contributed by atoms with E-state index in [1.165, 1.54) is 27.9 Å². The average molecular weight is 267 g/mol. The maximum Gasteiger partial charge on any atom is 0.121 e. The van der Waals surface area contributed by atoms with Crippen LogP contribution in [-0.4, -0.2) is 7.11 Å². The fraction of sp³-hybridized carbons (Fsp3) is 0.333. The van der Waals surface area contributed by atoms with E-state index in [0.29, 0.717) is 6.04 Å². The van der Waals surface area contributed by atoms with Crippen molar-refractivity contribution in [3.8, 4) is 5.75 Å². The third-order valence-corrected chi connectivity index (χ3v) is 4.18. The molecule has 0 aromatic heterocycles. The Morgan fingerprint density at radius 2 is 2.10 bits per heavy atom. The number of anilines is 1. The lowest BCUT2D eigenvalue weighted by Crippen LogP contribution is -2.06. The molecule has 2 nitrogen and oxygen atoms in total. The quantitative estimate of drug-likeness (QED) is 0.896. The normalized spacial score (nSPS) is 16.6. The summed E-state index contributed by atoms with van der Waals surface area (Å²) in [6, 6.07) is 13.5. The molecule has 0 saturated heterocycles. The number of hydrogen-bond donors (Lipinski definition) is 1. The Labute approximate surface area is 120 Å². The van der Waals surface area contributed by atoms with Crippen LogP contribution in [0.2, 0.25) is 0 Å². The SMILES string of the molecule is CCc1cccc2c1NC(c1ccc(OC)c(C)c1)C2. The molecule has 2 aromatic rings. The van der Waals surface area contributed by atoms with E-state index in [4.69, 9.17) is 4.74 Å². The summed E-state index contributed by atoms with van der Waals surface area (Å²) in [7, 11) is 1.72. The zero-order chi connectivity index (χ0) is 14.1. The summed E-state index contributed by atoms with van der Waals surface area (Å²) in [6.45, 7) is 4.31. The molecule has 0 fully saturated rings. The van der Waals surface area contributed by atoms with E-state index >= 15 is 0 Å². The highest BCUT2D eigenvalue weighted by Crippen LogP contribution is 2.37. The number of benzene rings is 2. The first-order valence-electron chi connectivity index (χ1n) is 7.24. The fourth-order valence-electron chi connectivity index (χ4n) is 3.07. The van der Waals surface area contributed by atoms with Crippen molar-refractivity contribution in [1.82, 2.24) is 0 Å². The van der Waals surface area contributed by atoms with Gasteiger partial charge in [0.05, 0.1) is 13.2 Å². The molecular formula is C18H21NO. The third-order valence-electron chi connectivity index (χ3n) is 4.18. The van der Waals surface area contributed by atoms with Crippen molar-refractivity contribution in [2.75, 3.05) is 12.4 Å². The molecule has 0 amide bonds. The molecule has 1 atom stereocenters. The van der Waals surface area contributed by atoms with Crippen molar-refractivity contribution < 1.29 is 4.74 Å². The molecule has 0 aliphatic carbocycles. The van der Waals surface area contributed by atoms with Gasteiger partial charge in [0.15, 0.2) is 0 Å². The van der Waals surface area contributed by atoms with E-state index in [1.807, 2.05) is 0 Å². The predicted molar refractivity (Wildman–Crippen MR) is 83.6 cm³/mol. The van der Waals surface area contributed by atoms with Gasteiger partial charge in [0, 0.05) is 5.69 Å². The molecule has 1 heterocycles. The second-order valence-electron chi connectivity index (χ2n) is 5.43. The van der Waals surface area contributed by atoms with Gasteiger partial charge in [-0.2, -0.15) is 0 Å². The van der Waals surface area contributed by atoms with Crippen LogP contribution in [0.3, 0.4) is 0 Å². The van der Waals surface area contributed by atoms with Crippen LogP contribution < -0.4 is 10.1 Å². The van der Waals surface area contributed by atoms with Gasteiger partial charge >= 0.3 is 0 Å². The Morgan fingerprint density at radius 3 is 2.80 bits per heavy atom. The summed E-state index contributed by atoms with van der Waals surface area (Å²) in [5.41, 5.74) is 6.71. The van der Waals surface area contributed by atoms with Gasteiger partial charge in [-0.15, -0.1) is 0 Å². The van der Waals surface area contributed by atoms with Crippen LogP contribution in [0, 0.1) is 6.92 Å². The van der Waals surface area contributed by atoms with E-state index in [9.17, 15) is 0 Å². The minimum atomic E-state index is 0.377. The Kier molecular flexibility index (Phi) is 3.39. The van der Waals surface area contributed by atoms with Crippen molar-refractivity contribution in [1.29, 1.82) is 0 Å². The number of ether oxygens (including phenoxy) is 1. The van der Waals surface area contributed by atoms with E-state index in [0.717, 1.165) is 18.6 Å². The number of methoxy groups -OCH3 is 1. The maximum atomic E-state index is 5.34. The first-order chi connectivity index (χ1) is 9.72. The lowest BCUT2D eigenvalue weighted by atomic mass is 10.00. The van der Waals surface area contributed by atoms with Crippen LogP contribution in [0.15, 0.2) is 36.4 Å². The van der Waals surface area contributed by atoms with Crippen molar-refractivity contribution in [3.05, 3.63) is 58.7 Å². The summed E-state index contributed by atoms with van der Waals surface area (Å²) in [5, 5.41) is 3.69. The van der Waals surface area contributed by atoms with Gasteiger partial charge in [-0.25, -0.2) is 0 Å². The molecule has 1 aliphatic heterocycles. The number of nitrogens with one attached hydrogen (secondary N) is 1. The topological polar surface area (TPSA) is 21.3 Å². The Morgan fingerprint density at radius 1 is 1.25 bits per heavy atom. The second kappa shape index (κ2) is 5.20. The van der Waals surface area contributed by atoms with Crippen LogP contribution >= 0.6 is 0 Å². The number of aryl methyl sites for hydroxylation is 2. The Bertz CT molecular complexity index is 633. The molecule has 3 rings (SSSR count). The van der Waals surface area contributed by atoms with Crippen LogP contribution in [0.1, 0.15) is 35.2 Å². The maximum absolute atomic E-state index is 5.34. The molecule has 20 heavy (non-hydrogen) atoms. The molecule has 0 radical (unpaired) electrons. The minimum absolute atomic E-state index is 0.377. The molecule has 104 valence electrons. The summed E-state index contributed by atoms with van der Waals surface area (Å²) >= 11 is 0. The molecule has 2 aromatic carbocycles. The van der Waals surface area contributed by atoms with Gasteiger partial charge in [0.25, 0.3) is 0 Å². The number of para-hydroxylation sites is 1. The Balaban J connectivity index is 1.90. The van der Waals surface area contributed by atoms with Gasteiger partial charge in [0.2, 0.25) is 0 Å². The third kappa shape index (κ3) is 2.15. The van der Waals surface area contributed by atoms with Gasteiger partial charge in [-0.3, -0.25) is 0 Å². The average Bonchev–Trinajstić information content (AvgIpc) is 2.91. The first kappa shape index (κ1) is 13.0. The minimum Gasteiger partial charge on any atom is -0.496 e. The summed E-state index contributed by atoms with van der Waals surface area (Å²) < 4.78 is 5.34. The van der Waals surface area contributed by atoms with Gasteiger partial charge < -0.3 is 10.1 Å². The van der Waals surface area contributed by atoms with Crippen molar-refractivity contribution in [2.45, 2.75) is 32.7 Å². The monoisotopic (exact) mass is 267 g/mol.